The van der Waals surface area contributed by atoms with E-state index in [-0.39, 0.29) is 17.5 Å². The van der Waals surface area contributed by atoms with Gasteiger partial charge in [0.1, 0.15) is 5.82 Å². The van der Waals surface area contributed by atoms with Gasteiger partial charge in [0.15, 0.2) is 0 Å². The summed E-state index contributed by atoms with van der Waals surface area (Å²) in [5, 5.41) is 5.76. The molecule has 1 aliphatic carbocycles. The summed E-state index contributed by atoms with van der Waals surface area (Å²) < 4.78 is 54.3. The summed E-state index contributed by atoms with van der Waals surface area (Å²) >= 11 is 1.12. The highest BCUT2D eigenvalue weighted by Gasteiger charge is 2.34. The van der Waals surface area contributed by atoms with Crippen molar-refractivity contribution in [1.82, 2.24) is 0 Å². The normalized spacial score (nSPS) is 20.2. The molecule has 0 aromatic heterocycles. The maximum absolute atomic E-state index is 13.7. The Morgan fingerprint density at radius 2 is 2.00 bits per heavy atom. The van der Waals surface area contributed by atoms with Gasteiger partial charge in [-0.15, -0.1) is 0 Å². The molecule has 4 nitrogen and oxygen atoms in total. The highest BCUT2D eigenvalue weighted by atomic mass is 32.2. The molecule has 1 fully saturated rings. The van der Waals surface area contributed by atoms with E-state index in [2.05, 4.69) is 10.6 Å². The first-order chi connectivity index (χ1) is 15.2. The molecule has 4 rings (SSSR count). The van der Waals surface area contributed by atoms with Gasteiger partial charge in [-0.05, 0) is 68.5 Å². The van der Waals surface area contributed by atoms with Gasteiger partial charge < -0.3 is 16.4 Å². The number of carbonyl (C=O) groups excluding carboxylic acids is 1. The number of nitrogens with one attached hydrogen (secondary N) is 2. The summed E-state index contributed by atoms with van der Waals surface area (Å²) in [5.41, 5.74) is 5.63. The number of halogens is 4. The summed E-state index contributed by atoms with van der Waals surface area (Å²) in [6, 6.07) is 6.08. The maximum atomic E-state index is 13.7. The Kier molecular flexibility index (Phi) is 6.67. The first-order valence-corrected chi connectivity index (χ1v) is 11.6. The van der Waals surface area contributed by atoms with Gasteiger partial charge in [-0.3, -0.25) is 4.79 Å². The van der Waals surface area contributed by atoms with Crippen molar-refractivity contribution in [2.45, 2.75) is 54.5 Å². The number of carbonyl (C=O) groups is 1. The fourth-order valence-corrected chi connectivity index (χ4v) is 5.50. The number of rotatable bonds is 5. The fourth-order valence-electron chi connectivity index (χ4n) is 4.46. The van der Waals surface area contributed by atoms with E-state index < -0.39 is 17.6 Å². The number of hydrogen-bond donors (Lipinski definition) is 3. The van der Waals surface area contributed by atoms with Gasteiger partial charge in [0.25, 0.3) is 0 Å². The van der Waals surface area contributed by atoms with Crippen LogP contribution in [0.5, 0.6) is 0 Å². The van der Waals surface area contributed by atoms with Crippen LogP contribution in [0.4, 0.5) is 34.6 Å². The molecule has 1 heterocycles. The number of hydrogen-bond acceptors (Lipinski definition) is 4. The largest absolute Gasteiger partial charge is 0.416 e. The molecule has 2 aromatic carbocycles. The lowest BCUT2D eigenvalue weighted by molar-refractivity contribution is -0.137. The summed E-state index contributed by atoms with van der Waals surface area (Å²) in [7, 11) is 0. The Morgan fingerprint density at radius 1 is 1.19 bits per heavy atom. The molecular formula is C23H25F4N3OS. The summed E-state index contributed by atoms with van der Waals surface area (Å²) in [6.07, 6.45) is 0.678. The Labute approximate surface area is 188 Å². The monoisotopic (exact) mass is 467 g/mol. The molecule has 172 valence electrons. The minimum absolute atomic E-state index is 0.0614. The molecule has 1 saturated carbocycles. The Balaban J connectivity index is 1.61. The molecule has 9 heteroatoms. The van der Waals surface area contributed by atoms with Crippen LogP contribution in [-0.4, -0.2) is 12.5 Å². The third kappa shape index (κ3) is 5.04. The van der Waals surface area contributed by atoms with E-state index in [1.807, 2.05) is 0 Å². The average molecular weight is 468 g/mol. The van der Waals surface area contributed by atoms with Crippen LogP contribution in [0, 0.1) is 17.7 Å². The molecule has 0 saturated heterocycles. The minimum Gasteiger partial charge on any atom is -0.352 e. The minimum atomic E-state index is -4.56. The average Bonchev–Trinajstić information content (AvgIpc) is 2.76. The fraction of sp³-hybridized carbons (Fsp3) is 0.435. The third-order valence-electron chi connectivity index (χ3n) is 6.08. The molecule has 4 N–H and O–H groups in total. The second-order valence-electron chi connectivity index (χ2n) is 8.41. The third-order valence-corrected chi connectivity index (χ3v) is 7.20. The molecule has 1 amide bonds. The van der Waals surface area contributed by atoms with Gasteiger partial charge in [-0.1, -0.05) is 24.6 Å². The van der Waals surface area contributed by atoms with Crippen LogP contribution in [0.15, 0.2) is 40.1 Å². The topological polar surface area (TPSA) is 67.2 Å². The number of alkyl halides is 3. The van der Waals surface area contributed by atoms with Crippen LogP contribution in [0.25, 0.3) is 0 Å². The zero-order valence-electron chi connectivity index (χ0n) is 17.4. The Bertz CT molecular complexity index is 1010. The van der Waals surface area contributed by atoms with E-state index in [1.54, 1.807) is 0 Å². The quantitative estimate of drug-likeness (QED) is 0.373. The van der Waals surface area contributed by atoms with Crippen molar-refractivity contribution in [3.05, 3.63) is 41.7 Å². The van der Waals surface area contributed by atoms with Crippen molar-refractivity contribution in [2.75, 3.05) is 17.2 Å². The highest BCUT2D eigenvalue weighted by Crippen LogP contribution is 2.49. The summed E-state index contributed by atoms with van der Waals surface area (Å²) in [6.45, 7) is 0.606. The van der Waals surface area contributed by atoms with Crippen LogP contribution in [-0.2, 0) is 11.0 Å². The van der Waals surface area contributed by atoms with Gasteiger partial charge in [0.05, 0.1) is 22.6 Å². The predicted molar refractivity (Wildman–Crippen MR) is 118 cm³/mol. The van der Waals surface area contributed by atoms with Crippen LogP contribution >= 0.6 is 11.8 Å². The van der Waals surface area contributed by atoms with Crippen molar-refractivity contribution in [1.29, 1.82) is 0 Å². The second-order valence-corrected chi connectivity index (χ2v) is 9.50. The van der Waals surface area contributed by atoms with Crippen LogP contribution in [0.3, 0.4) is 0 Å². The molecule has 0 spiro atoms. The molecule has 2 aromatic rings. The summed E-state index contributed by atoms with van der Waals surface area (Å²) in [5.74, 6) is -0.580. The van der Waals surface area contributed by atoms with Crippen molar-refractivity contribution in [3.8, 4) is 0 Å². The van der Waals surface area contributed by atoms with Crippen molar-refractivity contribution >= 4 is 34.7 Å². The highest BCUT2D eigenvalue weighted by molar-refractivity contribution is 7.99. The van der Waals surface area contributed by atoms with E-state index >= 15 is 0 Å². The van der Waals surface area contributed by atoms with Crippen molar-refractivity contribution in [2.24, 2.45) is 17.6 Å². The van der Waals surface area contributed by atoms with Crippen molar-refractivity contribution < 1.29 is 22.4 Å². The van der Waals surface area contributed by atoms with E-state index in [9.17, 15) is 22.4 Å². The van der Waals surface area contributed by atoms with Crippen LogP contribution in [0.1, 0.15) is 44.1 Å². The number of amides is 1. The lowest BCUT2D eigenvalue weighted by Gasteiger charge is -2.29. The first-order valence-electron chi connectivity index (χ1n) is 10.7. The zero-order chi connectivity index (χ0) is 22.9. The SMILES string of the molecule is NCCCC1CCCC(C(=O)Nc2cc(C(F)(F)F)cc3c2Nc2cc(F)ccc2S3)C1. The maximum Gasteiger partial charge on any atom is 0.416 e. The zero-order valence-corrected chi connectivity index (χ0v) is 18.2. The number of anilines is 3. The van der Waals surface area contributed by atoms with Gasteiger partial charge in [0.2, 0.25) is 5.91 Å². The van der Waals surface area contributed by atoms with Gasteiger partial charge >= 0.3 is 6.18 Å². The molecule has 2 unspecified atom stereocenters. The molecular weight excluding hydrogens is 442 g/mol. The van der Waals surface area contributed by atoms with E-state index in [0.717, 1.165) is 49.6 Å². The second kappa shape index (κ2) is 9.31. The van der Waals surface area contributed by atoms with E-state index in [0.29, 0.717) is 46.5 Å². The molecule has 0 bridgehead atoms. The first kappa shape index (κ1) is 22.9. The number of benzene rings is 2. The molecule has 2 aliphatic rings. The predicted octanol–water partition coefficient (Wildman–Crippen LogP) is 6.54. The van der Waals surface area contributed by atoms with Gasteiger partial charge in [0, 0.05) is 15.7 Å². The van der Waals surface area contributed by atoms with Crippen LogP contribution in [0.2, 0.25) is 0 Å². The van der Waals surface area contributed by atoms with Gasteiger partial charge in [-0.25, -0.2) is 4.39 Å². The number of fused-ring (bicyclic) bond motifs is 2. The molecule has 2 atom stereocenters. The Hall–Kier alpha value is -2.26. The van der Waals surface area contributed by atoms with E-state index in [1.165, 1.54) is 18.2 Å². The standard InChI is InChI=1S/C23H25F4N3OS/c24-16-6-7-19-17(12-16)29-21-18(10-15(23(25,26)27)11-20(21)32-19)30-22(31)14-5-1-3-13(9-14)4-2-8-28/h6-7,10-14,29H,1-5,8-9,28H2,(H,30,31). The smallest absolute Gasteiger partial charge is 0.352 e. The van der Waals surface area contributed by atoms with Gasteiger partial charge in [-0.2, -0.15) is 13.2 Å². The van der Waals surface area contributed by atoms with Crippen LogP contribution < -0.4 is 16.4 Å². The molecule has 0 radical (unpaired) electrons. The number of nitrogens with two attached hydrogens (primary N) is 1. The molecule has 1 aliphatic heterocycles. The van der Waals surface area contributed by atoms with Crippen molar-refractivity contribution in [3.63, 3.8) is 0 Å². The Morgan fingerprint density at radius 3 is 2.75 bits per heavy atom. The van der Waals surface area contributed by atoms with E-state index in [4.69, 9.17) is 5.73 Å². The summed E-state index contributed by atoms with van der Waals surface area (Å²) in [4.78, 5) is 14.0. The lowest BCUT2D eigenvalue weighted by Crippen LogP contribution is -2.29. The lowest BCUT2D eigenvalue weighted by atomic mass is 9.79. The molecule has 32 heavy (non-hydrogen) atoms.